The first-order valence-electron chi connectivity index (χ1n) is 13.3. The molecule has 2 amide bonds. The quantitative estimate of drug-likeness (QED) is 0.150. The summed E-state index contributed by atoms with van der Waals surface area (Å²) >= 11 is 0. The molecule has 0 aromatic heterocycles. The lowest BCUT2D eigenvalue weighted by atomic mass is 10.00. The molecule has 0 spiro atoms. The van der Waals surface area contributed by atoms with Gasteiger partial charge < -0.3 is 4.74 Å². The molecule has 186 valence electrons. The minimum Gasteiger partial charge on any atom is -0.461 e. The Morgan fingerprint density at radius 2 is 1.43 bits per heavy atom. The highest BCUT2D eigenvalue weighted by Crippen LogP contribution is 2.42. The van der Waals surface area contributed by atoms with E-state index in [4.69, 9.17) is 4.74 Å². The number of hydrogen-bond donors (Lipinski definition) is 0. The number of amides is 2. The van der Waals surface area contributed by atoms with E-state index in [0.717, 1.165) is 69.8 Å². The van der Waals surface area contributed by atoms with Crippen LogP contribution in [0.4, 0.5) is 0 Å². The molecule has 35 heavy (non-hydrogen) atoms. The Labute approximate surface area is 209 Å². The van der Waals surface area contributed by atoms with Crippen LogP contribution < -0.4 is 0 Å². The Balaban J connectivity index is 1.22. The van der Waals surface area contributed by atoms with Crippen molar-refractivity contribution in [2.24, 2.45) is 0 Å². The third-order valence-corrected chi connectivity index (χ3v) is 7.90. The van der Waals surface area contributed by atoms with Crippen LogP contribution in [0, 0.1) is 0 Å². The van der Waals surface area contributed by atoms with E-state index >= 15 is 0 Å². The second-order valence-electron chi connectivity index (χ2n) is 10.2. The number of hydrogen-bond acceptors (Lipinski definition) is 4. The lowest BCUT2D eigenvalue weighted by Crippen LogP contribution is -2.63. The van der Waals surface area contributed by atoms with Gasteiger partial charge in [0, 0.05) is 25.7 Å². The molecule has 1 saturated carbocycles. The van der Waals surface area contributed by atoms with Crippen molar-refractivity contribution in [3.05, 3.63) is 71.3 Å². The predicted molar refractivity (Wildman–Crippen MR) is 136 cm³/mol. The average Bonchev–Trinajstić information content (AvgIpc) is 3.49. The normalized spacial score (nSPS) is 18.0. The number of quaternary nitrogens is 1. The summed E-state index contributed by atoms with van der Waals surface area (Å²) in [5.74, 6) is -0.117. The minimum atomic E-state index is -0.142. The van der Waals surface area contributed by atoms with E-state index in [0.29, 0.717) is 24.2 Å². The smallest absolute Gasteiger partial charge is 0.355 e. The molecule has 5 heteroatoms. The highest BCUT2D eigenvalue weighted by Gasteiger charge is 2.60. The number of rotatable bonds is 12. The summed E-state index contributed by atoms with van der Waals surface area (Å²) in [6.45, 7) is 2.43. The molecular weight excluding hydrogens is 438 g/mol. The Bertz CT molecular complexity index is 991. The molecule has 1 fully saturated rings. The molecule has 1 aliphatic heterocycles. The van der Waals surface area contributed by atoms with E-state index in [2.05, 4.69) is 6.92 Å². The Kier molecular flexibility index (Phi) is 8.50. The van der Waals surface area contributed by atoms with E-state index in [1.807, 2.05) is 54.6 Å². The van der Waals surface area contributed by atoms with E-state index in [1.165, 1.54) is 0 Å². The molecule has 1 atom stereocenters. The molecule has 0 radical (unpaired) electrons. The Morgan fingerprint density at radius 1 is 0.857 bits per heavy atom. The van der Waals surface area contributed by atoms with Gasteiger partial charge in [-0.05, 0) is 50.3 Å². The largest absolute Gasteiger partial charge is 0.461 e. The van der Waals surface area contributed by atoms with Crippen LogP contribution in [0.5, 0.6) is 0 Å². The van der Waals surface area contributed by atoms with Crippen LogP contribution >= 0.6 is 0 Å². The summed E-state index contributed by atoms with van der Waals surface area (Å²) in [6, 6.07) is 17.2. The molecule has 0 N–H and O–H groups in total. The van der Waals surface area contributed by atoms with E-state index in [1.54, 1.807) is 0 Å². The van der Waals surface area contributed by atoms with Crippen molar-refractivity contribution in [2.75, 3.05) is 0 Å². The lowest BCUT2D eigenvalue weighted by Gasteiger charge is -2.40. The number of carbonyl (C=O) groups excluding carboxylic acids is 3. The third-order valence-electron chi connectivity index (χ3n) is 7.90. The zero-order valence-electron chi connectivity index (χ0n) is 20.9. The number of ether oxygens (including phenoxy) is 1. The molecular formula is C30H38NO4+. The summed E-state index contributed by atoms with van der Waals surface area (Å²) in [5, 5.41) is 0. The van der Waals surface area contributed by atoms with Gasteiger partial charge in [-0.2, -0.15) is 4.48 Å². The zero-order chi connectivity index (χ0) is 24.7. The van der Waals surface area contributed by atoms with Gasteiger partial charge in [-0.1, -0.05) is 61.7 Å². The van der Waals surface area contributed by atoms with E-state index in [-0.39, 0.29) is 34.4 Å². The van der Waals surface area contributed by atoms with Crippen molar-refractivity contribution >= 4 is 17.8 Å². The van der Waals surface area contributed by atoms with Crippen molar-refractivity contribution in [3.8, 4) is 0 Å². The first kappa shape index (κ1) is 25.3. The Morgan fingerprint density at radius 3 is 2.09 bits per heavy atom. The second kappa shape index (κ2) is 11.8. The molecule has 2 aliphatic rings. The fraction of sp³-hybridized carbons (Fsp3) is 0.500. The summed E-state index contributed by atoms with van der Waals surface area (Å²) in [5.41, 5.74) is 2.22. The summed E-state index contributed by atoms with van der Waals surface area (Å²) in [6.07, 6.45) is 10.3. The van der Waals surface area contributed by atoms with Crippen LogP contribution in [-0.2, 0) is 16.1 Å². The molecule has 2 aromatic rings. The maximum Gasteiger partial charge on any atom is 0.355 e. The molecule has 5 nitrogen and oxygen atoms in total. The fourth-order valence-corrected chi connectivity index (χ4v) is 6.00. The van der Waals surface area contributed by atoms with Crippen molar-refractivity contribution in [2.45, 2.75) is 96.2 Å². The van der Waals surface area contributed by atoms with Gasteiger partial charge in [0.15, 0.2) is 0 Å². The van der Waals surface area contributed by atoms with Gasteiger partial charge in [0.1, 0.15) is 18.7 Å². The van der Waals surface area contributed by atoms with Crippen LogP contribution in [-0.4, -0.2) is 34.4 Å². The standard InChI is InChI=1S/C30H38NO4/c1-23(14-6-3-2-4-9-21-28(32)35-22-24-15-7-5-8-16-24)31(25-17-10-11-18-25)29(33)26-19-12-13-20-27(26)30(31)34/h5,7-8,12-13,15-16,19-20,23,25H,2-4,6,9-11,14,17-18,21-22H2,1H3/q+1. The van der Waals surface area contributed by atoms with Crippen LogP contribution in [0.3, 0.4) is 0 Å². The molecule has 1 aliphatic carbocycles. The number of imide groups is 1. The van der Waals surface area contributed by atoms with E-state index < -0.39 is 0 Å². The molecule has 0 saturated heterocycles. The SMILES string of the molecule is CC(CCCCCCCC(=O)OCc1ccccc1)[N+]1(C2CCCC2)C(=O)c2ccccc2C1=O. The molecule has 4 rings (SSSR count). The van der Waals surface area contributed by atoms with Crippen molar-refractivity contribution in [1.82, 2.24) is 0 Å². The lowest BCUT2D eigenvalue weighted by molar-refractivity contribution is -0.816. The van der Waals surface area contributed by atoms with Gasteiger partial charge in [0.25, 0.3) is 0 Å². The van der Waals surface area contributed by atoms with Crippen LogP contribution in [0.15, 0.2) is 54.6 Å². The van der Waals surface area contributed by atoms with Gasteiger partial charge in [0.2, 0.25) is 0 Å². The number of esters is 1. The van der Waals surface area contributed by atoms with Gasteiger partial charge in [0.05, 0.1) is 11.1 Å². The first-order chi connectivity index (χ1) is 17.0. The van der Waals surface area contributed by atoms with Crippen LogP contribution in [0.25, 0.3) is 0 Å². The third kappa shape index (κ3) is 5.40. The van der Waals surface area contributed by atoms with Gasteiger partial charge >= 0.3 is 17.8 Å². The van der Waals surface area contributed by atoms with Gasteiger partial charge in [-0.3, -0.25) is 4.79 Å². The maximum atomic E-state index is 13.6. The van der Waals surface area contributed by atoms with E-state index in [9.17, 15) is 14.4 Å². The minimum absolute atomic E-state index is 0.00655. The van der Waals surface area contributed by atoms with Crippen molar-refractivity contribution in [1.29, 1.82) is 0 Å². The molecule has 1 unspecified atom stereocenters. The molecule has 2 aromatic carbocycles. The number of unbranched alkanes of at least 4 members (excludes halogenated alkanes) is 4. The molecule has 1 heterocycles. The van der Waals surface area contributed by atoms with Crippen LogP contribution in [0.2, 0.25) is 0 Å². The van der Waals surface area contributed by atoms with Gasteiger partial charge in [-0.15, -0.1) is 0 Å². The summed E-state index contributed by atoms with van der Waals surface area (Å²) in [4.78, 5) is 39.3. The topological polar surface area (TPSA) is 60.4 Å². The number of fused-ring (bicyclic) bond motifs is 1. The van der Waals surface area contributed by atoms with Crippen LogP contribution in [0.1, 0.15) is 104 Å². The van der Waals surface area contributed by atoms with Crippen molar-refractivity contribution in [3.63, 3.8) is 0 Å². The van der Waals surface area contributed by atoms with Crippen molar-refractivity contribution < 1.29 is 23.6 Å². The summed E-state index contributed by atoms with van der Waals surface area (Å²) in [7, 11) is 0. The fourth-order valence-electron chi connectivity index (χ4n) is 6.00. The Hall–Kier alpha value is -2.79. The number of carbonyl (C=O) groups is 3. The van der Waals surface area contributed by atoms with Gasteiger partial charge in [-0.25, -0.2) is 9.59 Å². The zero-order valence-corrected chi connectivity index (χ0v) is 20.9. The average molecular weight is 477 g/mol. The second-order valence-corrected chi connectivity index (χ2v) is 10.2. The monoisotopic (exact) mass is 476 g/mol. The first-order valence-corrected chi connectivity index (χ1v) is 13.3. The predicted octanol–water partition coefficient (Wildman–Crippen LogP) is 6.60. The number of nitrogens with zero attached hydrogens (tertiary/aromatic N) is 1. The number of benzene rings is 2. The summed E-state index contributed by atoms with van der Waals surface area (Å²) < 4.78 is 5.35. The molecule has 0 bridgehead atoms. The maximum absolute atomic E-state index is 13.6. The highest BCUT2D eigenvalue weighted by molar-refractivity contribution is 6.14. The highest BCUT2D eigenvalue weighted by atomic mass is 16.5.